The lowest BCUT2D eigenvalue weighted by Crippen LogP contribution is -2.29. The minimum absolute atomic E-state index is 0.637. The van der Waals surface area contributed by atoms with Crippen molar-refractivity contribution >= 4 is 5.84 Å². The number of hydrogen-bond donors (Lipinski definition) is 1. The van der Waals surface area contributed by atoms with Crippen molar-refractivity contribution in [2.75, 3.05) is 6.54 Å². The maximum absolute atomic E-state index is 4.82. The zero-order valence-corrected chi connectivity index (χ0v) is 28.8. The predicted molar refractivity (Wildman–Crippen MR) is 188 cm³/mol. The Morgan fingerprint density at radius 1 is 0.415 bits per heavy atom. The molecule has 1 aliphatic heterocycles. The van der Waals surface area contributed by atoms with Crippen LogP contribution >= 0.6 is 0 Å². The molecule has 0 saturated heterocycles. The summed E-state index contributed by atoms with van der Waals surface area (Å²) in [5.74, 6) is 1.32. The van der Waals surface area contributed by atoms with E-state index in [0.717, 1.165) is 6.54 Å². The molecule has 2 heteroatoms. The first-order valence-electron chi connectivity index (χ1n) is 19.7. The molecule has 1 heterocycles. The van der Waals surface area contributed by atoms with E-state index in [4.69, 9.17) is 4.99 Å². The molecule has 0 saturated carbocycles. The first kappa shape index (κ1) is 38.5. The van der Waals surface area contributed by atoms with Gasteiger partial charge in [-0.25, -0.2) is 0 Å². The van der Waals surface area contributed by atoms with Crippen molar-refractivity contribution in [1.29, 1.82) is 0 Å². The highest BCUT2D eigenvalue weighted by Gasteiger charge is 2.16. The van der Waals surface area contributed by atoms with Crippen molar-refractivity contribution in [3.8, 4) is 0 Å². The van der Waals surface area contributed by atoms with Crippen LogP contribution in [0.1, 0.15) is 232 Å². The SMILES string of the molecule is CCCCCCCCCCCCCCCCCCC1=NCC(CCCCCCCCCCCCCCCCCC)N1. The van der Waals surface area contributed by atoms with E-state index in [1.54, 1.807) is 0 Å². The Morgan fingerprint density at radius 2 is 0.707 bits per heavy atom. The minimum atomic E-state index is 0.637. The van der Waals surface area contributed by atoms with E-state index in [1.165, 1.54) is 224 Å². The average molecular weight is 575 g/mol. The molecule has 2 nitrogen and oxygen atoms in total. The largest absolute Gasteiger partial charge is 0.369 e. The summed E-state index contributed by atoms with van der Waals surface area (Å²) in [6, 6.07) is 0.637. The summed E-state index contributed by atoms with van der Waals surface area (Å²) in [7, 11) is 0. The molecule has 41 heavy (non-hydrogen) atoms. The summed E-state index contributed by atoms with van der Waals surface area (Å²) in [4.78, 5) is 4.82. The van der Waals surface area contributed by atoms with Gasteiger partial charge in [0, 0.05) is 12.5 Å². The molecule has 1 unspecified atom stereocenters. The van der Waals surface area contributed by atoms with Gasteiger partial charge in [-0.3, -0.25) is 4.99 Å². The van der Waals surface area contributed by atoms with Crippen LogP contribution in [0.25, 0.3) is 0 Å². The molecule has 1 rings (SSSR count). The first-order valence-corrected chi connectivity index (χ1v) is 19.7. The molecule has 0 fully saturated rings. The van der Waals surface area contributed by atoms with E-state index in [9.17, 15) is 0 Å². The number of nitrogens with one attached hydrogen (secondary N) is 1. The van der Waals surface area contributed by atoms with Gasteiger partial charge in [0.15, 0.2) is 0 Å². The van der Waals surface area contributed by atoms with Gasteiger partial charge in [0.2, 0.25) is 0 Å². The third-order valence-corrected chi connectivity index (χ3v) is 9.55. The van der Waals surface area contributed by atoms with Crippen molar-refractivity contribution in [1.82, 2.24) is 5.32 Å². The summed E-state index contributed by atoms with van der Waals surface area (Å²) >= 11 is 0. The lowest BCUT2D eigenvalue weighted by molar-refractivity contribution is 0.509. The molecule has 0 aromatic rings. The van der Waals surface area contributed by atoms with E-state index in [0.29, 0.717) is 6.04 Å². The molecule has 0 aromatic heterocycles. The molecule has 0 amide bonds. The van der Waals surface area contributed by atoms with Crippen LogP contribution in [0.5, 0.6) is 0 Å². The molecule has 0 spiro atoms. The average Bonchev–Trinajstić information content (AvgIpc) is 3.44. The molecular formula is C39H78N2. The maximum atomic E-state index is 4.82. The van der Waals surface area contributed by atoms with Gasteiger partial charge in [0.05, 0.1) is 12.4 Å². The Hall–Kier alpha value is -0.530. The fraction of sp³-hybridized carbons (Fsp3) is 0.974. The lowest BCUT2D eigenvalue weighted by Gasteiger charge is -2.11. The highest BCUT2D eigenvalue weighted by Crippen LogP contribution is 2.17. The molecule has 244 valence electrons. The van der Waals surface area contributed by atoms with Crippen molar-refractivity contribution in [3.63, 3.8) is 0 Å². The van der Waals surface area contributed by atoms with Crippen LogP contribution in [0.4, 0.5) is 0 Å². The normalized spacial score (nSPS) is 15.0. The predicted octanol–water partition coefficient (Wildman–Crippen LogP) is 13.7. The highest BCUT2D eigenvalue weighted by molar-refractivity contribution is 5.83. The van der Waals surface area contributed by atoms with Crippen LogP contribution in [0.15, 0.2) is 4.99 Å². The lowest BCUT2D eigenvalue weighted by atomic mass is 10.0. The van der Waals surface area contributed by atoms with E-state index >= 15 is 0 Å². The number of rotatable bonds is 34. The summed E-state index contributed by atoms with van der Waals surface area (Å²) < 4.78 is 0. The Labute approximate surface area is 260 Å². The summed E-state index contributed by atoms with van der Waals surface area (Å²) in [6.07, 6.45) is 48.8. The molecule has 0 radical (unpaired) electrons. The number of aliphatic imine (C=N–C) groups is 1. The van der Waals surface area contributed by atoms with Gasteiger partial charge in [0.25, 0.3) is 0 Å². The fourth-order valence-corrected chi connectivity index (χ4v) is 6.64. The molecule has 1 N–H and O–H groups in total. The Kier molecular flexibility index (Phi) is 30.4. The van der Waals surface area contributed by atoms with Crippen molar-refractivity contribution < 1.29 is 0 Å². The molecule has 0 aromatic carbocycles. The minimum Gasteiger partial charge on any atom is -0.369 e. The Balaban J connectivity index is 1.73. The van der Waals surface area contributed by atoms with Crippen LogP contribution in [0.2, 0.25) is 0 Å². The molecule has 1 aliphatic rings. The Morgan fingerprint density at radius 3 is 1.05 bits per heavy atom. The number of unbranched alkanes of at least 4 members (excludes halogenated alkanes) is 30. The van der Waals surface area contributed by atoms with Crippen molar-refractivity contribution in [3.05, 3.63) is 0 Å². The van der Waals surface area contributed by atoms with Gasteiger partial charge in [-0.1, -0.05) is 213 Å². The molecule has 0 aliphatic carbocycles. The summed E-state index contributed by atoms with van der Waals surface area (Å²) in [5, 5.41) is 3.75. The van der Waals surface area contributed by atoms with Gasteiger partial charge >= 0.3 is 0 Å². The van der Waals surface area contributed by atoms with Crippen molar-refractivity contribution in [2.24, 2.45) is 4.99 Å². The van der Waals surface area contributed by atoms with Gasteiger partial charge in [-0.2, -0.15) is 0 Å². The quantitative estimate of drug-likeness (QED) is 0.0759. The van der Waals surface area contributed by atoms with Crippen LogP contribution < -0.4 is 5.32 Å². The molecule has 0 bridgehead atoms. The maximum Gasteiger partial charge on any atom is 0.0966 e. The second kappa shape index (κ2) is 32.4. The Bertz CT molecular complexity index is 528. The fourth-order valence-electron chi connectivity index (χ4n) is 6.64. The van der Waals surface area contributed by atoms with Crippen LogP contribution in [-0.2, 0) is 0 Å². The molecular weight excluding hydrogens is 496 g/mol. The number of nitrogens with zero attached hydrogens (tertiary/aromatic N) is 1. The topological polar surface area (TPSA) is 24.4 Å². The third-order valence-electron chi connectivity index (χ3n) is 9.55. The zero-order chi connectivity index (χ0) is 29.3. The van der Waals surface area contributed by atoms with Gasteiger partial charge < -0.3 is 5.32 Å². The first-order chi connectivity index (χ1) is 20.4. The van der Waals surface area contributed by atoms with E-state index < -0.39 is 0 Å². The summed E-state index contributed by atoms with van der Waals surface area (Å²) in [5.41, 5.74) is 0. The highest BCUT2D eigenvalue weighted by atomic mass is 15.1. The van der Waals surface area contributed by atoms with Crippen LogP contribution in [0.3, 0.4) is 0 Å². The zero-order valence-electron chi connectivity index (χ0n) is 28.8. The van der Waals surface area contributed by atoms with E-state index in [1.807, 2.05) is 0 Å². The van der Waals surface area contributed by atoms with Gasteiger partial charge in [0.1, 0.15) is 0 Å². The van der Waals surface area contributed by atoms with E-state index in [2.05, 4.69) is 19.2 Å². The summed E-state index contributed by atoms with van der Waals surface area (Å²) in [6.45, 7) is 5.65. The standard InChI is InChI=1S/C39H78N2/c1-3-5-7-9-11-13-15-17-19-21-23-25-27-29-31-33-35-38-37-40-39(41-38)36-34-32-30-28-26-24-22-20-18-16-14-12-10-8-6-4-2/h38H,3-37H2,1-2H3,(H,40,41). The second-order valence-electron chi connectivity index (χ2n) is 13.8. The smallest absolute Gasteiger partial charge is 0.0966 e. The van der Waals surface area contributed by atoms with Crippen LogP contribution in [0, 0.1) is 0 Å². The van der Waals surface area contributed by atoms with E-state index in [-0.39, 0.29) is 0 Å². The monoisotopic (exact) mass is 575 g/mol. The van der Waals surface area contributed by atoms with Crippen LogP contribution in [-0.4, -0.2) is 18.4 Å². The van der Waals surface area contributed by atoms with Gasteiger partial charge in [-0.15, -0.1) is 0 Å². The second-order valence-corrected chi connectivity index (χ2v) is 13.8. The third kappa shape index (κ3) is 28.0. The molecule has 1 atom stereocenters. The number of amidine groups is 1. The van der Waals surface area contributed by atoms with Gasteiger partial charge in [-0.05, 0) is 12.8 Å². The van der Waals surface area contributed by atoms with Crippen molar-refractivity contribution in [2.45, 2.75) is 238 Å². The number of hydrogen-bond acceptors (Lipinski definition) is 2.